The van der Waals surface area contributed by atoms with E-state index in [0.29, 0.717) is 5.69 Å². The van der Waals surface area contributed by atoms with Crippen LogP contribution in [0.25, 0.3) is 16.9 Å². The molecule has 0 saturated heterocycles. The molecule has 0 aliphatic heterocycles. The second-order valence-corrected chi connectivity index (χ2v) is 7.68. The number of rotatable bonds is 5. The van der Waals surface area contributed by atoms with E-state index < -0.39 is 17.3 Å². The van der Waals surface area contributed by atoms with Crippen molar-refractivity contribution in [2.24, 2.45) is 0 Å². The molecule has 0 fully saturated rings. The largest absolute Gasteiger partial charge is 2.00 e. The number of hydrogen-bond donors (Lipinski definition) is 0. The minimum absolute atomic E-state index is 0. The molecule has 0 spiro atoms. The fourth-order valence-corrected chi connectivity index (χ4v) is 3.86. The molecule has 0 amide bonds. The van der Waals surface area contributed by atoms with Gasteiger partial charge in [0, 0.05) is 17.6 Å². The quantitative estimate of drug-likeness (QED) is 0.189. The summed E-state index contributed by atoms with van der Waals surface area (Å²) in [4.78, 5) is 8.20. The zero-order chi connectivity index (χ0) is 22.8. The molecule has 7 heteroatoms. The molecule has 0 N–H and O–H groups in total. The summed E-state index contributed by atoms with van der Waals surface area (Å²) < 4.78 is 28.8. The van der Waals surface area contributed by atoms with Gasteiger partial charge in [0.05, 0.1) is 17.1 Å². The van der Waals surface area contributed by atoms with Crippen molar-refractivity contribution in [3.05, 3.63) is 132 Å². The van der Waals surface area contributed by atoms with Crippen molar-refractivity contribution in [3.8, 4) is 16.9 Å². The normalized spacial score (nSPS) is 12.6. The molecular formula is C27H18F2N4Pt. The van der Waals surface area contributed by atoms with Gasteiger partial charge >= 0.3 is 21.1 Å². The minimum atomic E-state index is -0.981. The number of pyridine rings is 2. The van der Waals surface area contributed by atoms with E-state index in [1.807, 2.05) is 79.7 Å². The van der Waals surface area contributed by atoms with E-state index in [-0.39, 0.29) is 26.8 Å². The fourth-order valence-electron chi connectivity index (χ4n) is 3.86. The smallest absolute Gasteiger partial charge is 0.322 e. The molecule has 2 aromatic carbocycles. The summed E-state index contributed by atoms with van der Waals surface area (Å²) in [6, 6.07) is 31.9. The molecule has 170 valence electrons. The van der Waals surface area contributed by atoms with Crippen LogP contribution < -0.4 is 0 Å². The van der Waals surface area contributed by atoms with Crippen LogP contribution in [0.4, 0.5) is 8.78 Å². The van der Waals surface area contributed by atoms with Gasteiger partial charge in [-0.2, -0.15) is 5.10 Å². The fraction of sp³-hybridized carbons (Fsp3) is 0.0741. The molecule has 1 atom stereocenters. The van der Waals surface area contributed by atoms with Gasteiger partial charge in [0.1, 0.15) is 5.95 Å². The van der Waals surface area contributed by atoms with Gasteiger partial charge in [-0.25, -0.2) is 0 Å². The predicted octanol–water partition coefficient (Wildman–Crippen LogP) is 5.56. The van der Waals surface area contributed by atoms with Crippen molar-refractivity contribution < 1.29 is 29.8 Å². The third-order valence-corrected chi connectivity index (χ3v) is 5.66. The molecule has 1 unspecified atom stereocenters. The Labute approximate surface area is 210 Å². The van der Waals surface area contributed by atoms with Crippen molar-refractivity contribution >= 4 is 0 Å². The van der Waals surface area contributed by atoms with Gasteiger partial charge in [-0.15, -0.1) is 48.0 Å². The van der Waals surface area contributed by atoms with E-state index in [1.165, 1.54) is 4.68 Å². The summed E-state index contributed by atoms with van der Waals surface area (Å²) in [5.41, 5.74) is 3.26. The maximum atomic E-state index is 14.3. The standard InChI is InChI=1S/C27H18F2N4.Pt/c1-27(20-11-6-3-7-12-20,23-14-8-13-21(30-23)19-9-4-2-5-10-19)24-17-18-33(32-24)22-15-16-25(28)31-26(22)29;/h2-9,11-14,16-18H,1H3;/q-2;+2. The van der Waals surface area contributed by atoms with E-state index in [2.05, 4.69) is 22.2 Å². The molecule has 0 saturated carbocycles. The Morgan fingerprint density at radius 3 is 2.35 bits per heavy atom. The van der Waals surface area contributed by atoms with Gasteiger partial charge in [0.15, 0.2) is 0 Å². The van der Waals surface area contributed by atoms with Gasteiger partial charge in [-0.05, 0) is 30.3 Å². The monoisotopic (exact) mass is 631 g/mol. The molecular weight excluding hydrogens is 613 g/mol. The third-order valence-electron chi connectivity index (χ3n) is 5.66. The first kappa shape index (κ1) is 23.6. The molecule has 3 heterocycles. The van der Waals surface area contributed by atoms with Crippen molar-refractivity contribution in [1.29, 1.82) is 0 Å². The Morgan fingerprint density at radius 1 is 0.824 bits per heavy atom. The first-order chi connectivity index (χ1) is 16.1. The molecule has 5 rings (SSSR count). The van der Waals surface area contributed by atoms with Crippen molar-refractivity contribution in [2.45, 2.75) is 12.3 Å². The molecule has 0 aliphatic rings. The van der Waals surface area contributed by atoms with Crippen molar-refractivity contribution in [1.82, 2.24) is 19.7 Å². The Balaban J connectivity index is 0.00000274. The Morgan fingerprint density at radius 2 is 1.62 bits per heavy atom. The third kappa shape index (κ3) is 4.34. The van der Waals surface area contributed by atoms with Crippen LogP contribution in [0.1, 0.15) is 23.9 Å². The zero-order valence-electron chi connectivity index (χ0n) is 18.0. The summed E-state index contributed by atoms with van der Waals surface area (Å²) in [6.45, 7) is 2.03. The second-order valence-electron chi connectivity index (χ2n) is 7.68. The van der Waals surface area contributed by atoms with E-state index in [4.69, 9.17) is 4.98 Å². The number of halogens is 2. The van der Waals surface area contributed by atoms with Crippen LogP contribution in [0.15, 0.2) is 91.1 Å². The van der Waals surface area contributed by atoms with E-state index >= 15 is 0 Å². The molecule has 34 heavy (non-hydrogen) atoms. The van der Waals surface area contributed by atoms with Gasteiger partial charge in [0.25, 0.3) is 0 Å². The molecule has 0 radical (unpaired) electrons. The maximum absolute atomic E-state index is 14.3. The molecule has 0 aliphatic carbocycles. The first-order valence-electron chi connectivity index (χ1n) is 10.4. The molecule has 4 nitrogen and oxygen atoms in total. The van der Waals surface area contributed by atoms with Crippen molar-refractivity contribution in [3.63, 3.8) is 0 Å². The average Bonchev–Trinajstić information content (AvgIpc) is 3.35. The van der Waals surface area contributed by atoms with Gasteiger partial charge < -0.3 is 4.98 Å². The predicted molar refractivity (Wildman–Crippen MR) is 121 cm³/mol. The number of nitrogens with zero attached hydrogens (tertiary/aromatic N) is 4. The van der Waals surface area contributed by atoms with Crippen LogP contribution in [-0.2, 0) is 26.5 Å². The SMILES string of the molecule is CC(c1ccccc1)(c1cccc(-c2[c-]cccc2)n1)c1ccn(-c2[c-]cc(F)nc2F)n1.[Pt+2]. The topological polar surface area (TPSA) is 43.6 Å². The van der Waals surface area contributed by atoms with Gasteiger partial charge in [-0.1, -0.05) is 42.5 Å². The van der Waals surface area contributed by atoms with Crippen LogP contribution >= 0.6 is 0 Å². The van der Waals surface area contributed by atoms with Crippen LogP contribution in [0, 0.1) is 24.0 Å². The van der Waals surface area contributed by atoms with Crippen LogP contribution in [-0.4, -0.2) is 19.7 Å². The zero-order valence-corrected chi connectivity index (χ0v) is 20.3. The van der Waals surface area contributed by atoms with Gasteiger partial charge in [-0.3, -0.25) is 18.4 Å². The molecule has 5 aromatic rings. The van der Waals surface area contributed by atoms with Crippen LogP contribution in [0.5, 0.6) is 0 Å². The summed E-state index contributed by atoms with van der Waals surface area (Å²) >= 11 is 0. The first-order valence-corrected chi connectivity index (χ1v) is 10.4. The number of aromatic nitrogens is 4. The van der Waals surface area contributed by atoms with Crippen molar-refractivity contribution in [2.75, 3.05) is 0 Å². The van der Waals surface area contributed by atoms with Gasteiger partial charge in [0.2, 0.25) is 0 Å². The Bertz CT molecular complexity index is 1410. The Hall–Kier alpha value is -3.50. The van der Waals surface area contributed by atoms with E-state index in [1.54, 1.807) is 12.3 Å². The second kappa shape index (κ2) is 9.78. The van der Waals surface area contributed by atoms with Crippen LogP contribution in [0.2, 0.25) is 0 Å². The van der Waals surface area contributed by atoms with E-state index in [9.17, 15) is 8.78 Å². The summed E-state index contributed by atoms with van der Waals surface area (Å²) in [5, 5.41) is 4.63. The summed E-state index contributed by atoms with van der Waals surface area (Å²) in [5.74, 6) is -1.91. The maximum Gasteiger partial charge on any atom is 2.00 e. The average molecular weight is 632 g/mol. The molecule has 3 aromatic heterocycles. The molecule has 0 bridgehead atoms. The number of benzene rings is 2. The summed E-state index contributed by atoms with van der Waals surface area (Å²) in [7, 11) is 0. The van der Waals surface area contributed by atoms with E-state index in [0.717, 1.165) is 28.6 Å². The summed E-state index contributed by atoms with van der Waals surface area (Å²) in [6.07, 6.45) is 1.61. The van der Waals surface area contributed by atoms with Crippen LogP contribution in [0.3, 0.4) is 0 Å². The Kier molecular flexibility index (Phi) is 6.80. The minimum Gasteiger partial charge on any atom is -0.322 e. The number of hydrogen-bond acceptors (Lipinski definition) is 3.